The van der Waals surface area contributed by atoms with Crippen LogP contribution in [0, 0.1) is 0 Å². The maximum absolute atomic E-state index is 12.6. The first-order valence-corrected chi connectivity index (χ1v) is 9.68. The monoisotopic (exact) mass is 384 g/mol. The molecule has 1 aliphatic rings. The van der Waals surface area contributed by atoms with Crippen molar-refractivity contribution in [2.24, 2.45) is 0 Å². The summed E-state index contributed by atoms with van der Waals surface area (Å²) in [5, 5.41) is 0. The molecule has 1 atom stereocenters. The van der Waals surface area contributed by atoms with Gasteiger partial charge in [0.15, 0.2) is 0 Å². The van der Waals surface area contributed by atoms with E-state index in [9.17, 15) is 21.6 Å². The zero-order valence-electron chi connectivity index (χ0n) is 13.9. The molecular weight excluding hydrogens is 365 g/mol. The Bertz CT molecular complexity index is 837. The van der Waals surface area contributed by atoms with E-state index >= 15 is 0 Å². The van der Waals surface area contributed by atoms with Gasteiger partial charge in [-0.2, -0.15) is 13.2 Å². The lowest BCUT2D eigenvalue weighted by atomic mass is 10.2. The molecular formula is C18H19F3N2O2S. The fourth-order valence-electron chi connectivity index (χ4n) is 3.02. The molecule has 2 aromatic rings. The molecule has 4 nitrogen and oxygen atoms in total. The summed E-state index contributed by atoms with van der Waals surface area (Å²) in [6.45, 7) is 2.06. The Morgan fingerprint density at radius 3 is 2.31 bits per heavy atom. The van der Waals surface area contributed by atoms with Gasteiger partial charge >= 0.3 is 6.18 Å². The molecule has 1 heterocycles. The molecule has 1 saturated heterocycles. The zero-order chi connectivity index (χ0) is 18.8. The van der Waals surface area contributed by atoms with E-state index in [0.717, 1.165) is 42.9 Å². The van der Waals surface area contributed by atoms with Crippen LogP contribution >= 0.6 is 0 Å². The van der Waals surface area contributed by atoms with E-state index < -0.39 is 21.8 Å². The van der Waals surface area contributed by atoms with Crippen molar-refractivity contribution in [3.63, 3.8) is 0 Å². The molecule has 0 aromatic heterocycles. The smallest absolute Gasteiger partial charge is 0.297 e. The lowest BCUT2D eigenvalue weighted by Crippen LogP contribution is -2.37. The van der Waals surface area contributed by atoms with Gasteiger partial charge in [-0.15, -0.1) is 0 Å². The Balaban J connectivity index is 1.61. The zero-order valence-corrected chi connectivity index (χ0v) is 14.7. The van der Waals surface area contributed by atoms with Crippen LogP contribution in [0.4, 0.5) is 13.2 Å². The highest BCUT2D eigenvalue weighted by Crippen LogP contribution is 2.29. The minimum atomic E-state index is -4.49. The van der Waals surface area contributed by atoms with Crippen molar-refractivity contribution in [1.82, 2.24) is 9.62 Å². The number of benzene rings is 2. The summed E-state index contributed by atoms with van der Waals surface area (Å²) < 4.78 is 65.2. The van der Waals surface area contributed by atoms with Gasteiger partial charge in [-0.1, -0.05) is 30.3 Å². The molecule has 0 saturated carbocycles. The van der Waals surface area contributed by atoms with Crippen LogP contribution in [0.15, 0.2) is 59.5 Å². The minimum absolute atomic E-state index is 0.160. The number of hydrogen-bond donors (Lipinski definition) is 1. The van der Waals surface area contributed by atoms with Gasteiger partial charge in [-0.25, -0.2) is 13.1 Å². The molecule has 0 spiro atoms. The molecule has 0 amide bonds. The third kappa shape index (κ3) is 4.63. The predicted octanol–water partition coefficient (Wildman–Crippen LogP) is 3.26. The molecule has 2 aromatic carbocycles. The van der Waals surface area contributed by atoms with E-state index in [-0.39, 0.29) is 10.9 Å². The number of nitrogens with zero attached hydrogens (tertiary/aromatic N) is 1. The molecule has 0 aliphatic carbocycles. The van der Waals surface area contributed by atoms with E-state index in [4.69, 9.17) is 0 Å². The molecule has 0 unspecified atom stereocenters. The van der Waals surface area contributed by atoms with E-state index in [1.54, 1.807) is 0 Å². The molecule has 0 radical (unpaired) electrons. The molecule has 1 aliphatic heterocycles. The quantitative estimate of drug-likeness (QED) is 0.861. The third-order valence-corrected chi connectivity index (χ3v) is 5.87. The Kier molecular flexibility index (Phi) is 5.36. The largest absolute Gasteiger partial charge is 0.416 e. The summed E-state index contributed by atoms with van der Waals surface area (Å²) in [7, 11) is -3.85. The molecule has 3 rings (SSSR count). The van der Waals surface area contributed by atoms with Gasteiger partial charge in [0.05, 0.1) is 10.5 Å². The number of halogens is 3. The van der Waals surface area contributed by atoms with Crippen LogP contribution < -0.4 is 4.72 Å². The molecule has 8 heteroatoms. The SMILES string of the molecule is O=S(=O)(N[C@H]1CCN(Cc2ccccc2)C1)c1ccc(C(F)(F)F)cc1. The lowest BCUT2D eigenvalue weighted by Gasteiger charge is -2.17. The first-order chi connectivity index (χ1) is 12.2. The van der Waals surface area contributed by atoms with Gasteiger partial charge in [-0.05, 0) is 36.2 Å². The Hall–Kier alpha value is -1.90. The van der Waals surface area contributed by atoms with Gasteiger partial charge in [0, 0.05) is 25.7 Å². The summed E-state index contributed by atoms with van der Waals surface area (Å²) in [5.74, 6) is 0. The van der Waals surface area contributed by atoms with Gasteiger partial charge < -0.3 is 0 Å². The Labute approximate surface area is 150 Å². The van der Waals surface area contributed by atoms with Gasteiger partial charge in [-0.3, -0.25) is 4.90 Å². The van der Waals surface area contributed by atoms with Crippen molar-refractivity contribution in [3.05, 3.63) is 65.7 Å². The normalized spacial score (nSPS) is 19.0. The number of alkyl halides is 3. The molecule has 1 N–H and O–H groups in total. The van der Waals surface area contributed by atoms with Gasteiger partial charge in [0.25, 0.3) is 0 Å². The first-order valence-electron chi connectivity index (χ1n) is 8.20. The van der Waals surface area contributed by atoms with E-state index in [1.165, 1.54) is 0 Å². The number of sulfonamides is 1. The van der Waals surface area contributed by atoms with Crippen molar-refractivity contribution in [3.8, 4) is 0 Å². The first kappa shape index (κ1) is 18.9. The highest BCUT2D eigenvalue weighted by atomic mass is 32.2. The summed E-state index contributed by atoms with van der Waals surface area (Å²) in [4.78, 5) is 1.99. The predicted molar refractivity (Wildman–Crippen MR) is 91.9 cm³/mol. The van der Waals surface area contributed by atoms with Crippen LogP contribution in [0.3, 0.4) is 0 Å². The highest BCUT2D eigenvalue weighted by Gasteiger charge is 2.31. The number of hydrogen-bond acceptors (Lipinski definition) is 3. The van der Waals surface area contributed by atoms with Crippen LogP contribution in [0.1, 0.15) is 17.5 Å². The average Bonchev–Trinajstić information content (AvgIpc) is 3.01. The third-order valence-electron chi connectivity index (χ3n) is 4.34. The van der Waals surface area contributed by atoms with Crippen LogP contribution in [0.25, 0.3) is 0 Å². The van der Waals surface area contributed by atoms with Gasteiger partial charge in [0.1, 0.15) is 0 Å². The fourth-order valence-corrected chi connectivity index (χ4v) is 4.29. The second-order valence-electron chi connectivity index (χ2n) is 6.35. The maximum atomic E-state index is 12.6. The van der Waals surface area contributed by atoms with Crippen LogP contribution in [0.5, 0.6) is 0 Å². The van der Waals surface area contributed by atoms with Crippen LogP contribution in [-0.4, -0.2) is 32.4 Å². The van der Waals surface area contributed by atoms with Crippen molar-refractivity contribution in [2.45, 2.75) is 30.1 Å². The summed E-state index contributed by atoms with van der Waals surface area (Å²) >= 11 is 0. The number of likely N-dealkylation sites (tertiary alicyclic amines) is 1. The lowest BCUT2D eigenvalue weighted by molar-refractivity contribution is -0.137. The van der Waals surface area contributed by atoms with E-state index in [1.807, 2.05) is 30.3 Å². The van der Waals surface area contributed by atoms with E-state index in [0.29, 0.717) is 13.0 Å². The number of nitrogens with one attached hydrogen (secondary N) is 1. The van der Waals surface area contributed by atoms with Crippen LogP contribution in [-0.2, 0) is 22.7 Å². The fraction of sp³-hybridized carbons (Fsp3) is 0.333. The van der Waals surface area contributed by atoms with Crippen LogP contribution in [0.2, 0.25) is 0 Å². The maximum Gasteiger partial charge on any atom is 0.416 e. The van der Waals surface area contributed by atoms with E-state index in [2.05, 4.69) is 9.62 Å². The molecule has 0 bridgehead atoms. The van der Waals surface area contributed by atoms with Crippen molar-refractivity contribution >= 4 is 10.0 Å². The summed E-state index contributed by atoms with van der Waals surface area (Å²) in [5.41, 5.74) is 0.282. The minimum Gasteiger partial charge on any atom is -0.297 e. The highest BCUT2D eigenvalue weighted by molar-refractivity contribution is 7.89. The standard InChI is InChI=1S/C18H19F3N2O2S/c19-18(20,21)15-6-8-17(9-7-15)26(24,25)22-16-10-11-23(13-16)12-14-4-2-1-3-5-14/h1-9,16,22H,10-13H2/t16-/m0/s1. The topological polar surface area (TPSA) is 49.4 Å². The Morgan fingerprint density at radius 2 is 1.69 bits per heavy atom. The molecule has 26 heavy (non-hydrogen) atoms. The Morgan fingerprint density at radius 1 is 1.04 bits per heavy atom. The van der Waals surface area contributed by atoms with Gasteiger partial charge in [0.2, 0.25) is 10.0 Å². The summed E-state index contributed by atoms with van der Waals surface area (Å²) in [6, 6.07) is 13.2. The van der Waals surface area contributed by atoms with Crippen molar-refractivity contribution in [1.29, 1.82) is 0 Å². The average molecular weight is 384 g/mol. The van der Waals surface area contributed by atoms with Crippen molar-refractivity contribution in [2.75, 3.05) is 13.1 Å². The molecule has 140 valence electrons. The summed E-state index contributed by atoms with van der Waals surface area (Å²) in [6.07, 6.45) is -3.83. The number of rotatable bonds is 5. The van der Waals surface area contributed by atoms with Crippen molar-refractivity contribution < 1.29 is 21.6 Å². The molecule has 1 fully saturated rings. The second-order valence-corrected chi connectivity index (χ2v) is 8.06. The second kappa shape index (κ2) is 7.38.